The molecule has 0 bridgehead atoms. The fraction of sp³-hybridized carbons (Fsp3) is 0.318. The third-order valence-electron chi connectivity index (χ3n) is 5.07. The molecule has 3 aromatic rings. The molecule has 1 amide bonds. The molecule has 1 aliphatic carbocycles. The standard InChI is InChI=1S/C22H22Cl2N6OS/c23-16-11-17(24)13-18(12-16)30-19(14-32-22-26-8-4-9-27-22)20(28-29-30)21(31)25-10-7-15-5-2-1-3-6-15/h4-5,8-9,11-13H,1-3,6-7,10,14H2,(H,25,31). The molecule has 1 aliphatic rings. The molecule has 0 atom stereocenters. The second kappa shape index (κ2) is 10.9. The lowest BCUT2D eigenvalue weighted by atomic mass is 9.97. The Morgan fingerprint density at radius 3 is 2.62 bits per heavy atom. The van der Waals surface area contributed by atoms with Crippen LogP contribution < -0.4 is 5.32 Å². The van der Waals surface area contributed by atoms with Crippen molar-refractivity contribution in [2.45, 2.75) is 43.0 Å². The minimum Gasteiger partial charge on any atom is -0.350 e. The number of benzene rings is 1. The maximum Gasteiger partial charge on any atom is 0.273 e. The Balaban J connectivity index is 1.55. The zero-order valence-corrected chi connectivity index (χ0v) is 19.6. The number of nitrogens with zero attached hydrogens (tertiary/aromatic N) is 5. The smallest absolute Gasteiger partial charge is 0.273 e. The van der Waals surface area contributed by atoms with Gasteiger partial charge in [0.05, 0.1) is 11.4 Å². The molecule has 4 rings (SSSR count). The maximum atomic E-state index is 13.0. The first-order valence-corrected chi connectivity index (χ1v) is 12.1. The van der Waals surface area contributed by atoms with E-state index in [4.69, 9.17) is 23.2 Å². The van der Waals surface area contributed by atoms with E-state index in [0.29, 0.717) is 38.9 Å². The number of rotatable bonds is 8. The van der Waals surface area contributed by atoms with Crippen LogP contribution in [0.4, 0.5) is 0 Å². The number of carbonyl (C=O) groups is 1. The van der Waals surface area contributed by atoms with Gasteiger partial charge in [0.15, 0.2) is 10.9 Å². The molecule has 0 radical (unpaired) electrons. The van der Waals surface area contributed by atoms with E-state index >= 15 is 0 Å². The monoisotopic (exact) mass is 488 g/mol. The minimum atomic E-state index is -0.259. The van der Waals surface area contributed by atoms with Crippen LogP contribution in [0.1, 0.15) is 48.3 Å². The van der Waals surface area contributed by atoms with E-state index in [1.54, 1.807) is 41.3 Å². The lowest BCUT2D eigenvalue weighted by Crippen LogP contribution is -2.26. The predicted molar refractivity (Wildman–Crippen MR) is 126 cm³/mol. The van der Waals surface area contributed by atoms with Crippen molar-refractivity contribution in [3.8, 4) is 5.69 Å². The number of halogens is 2. The molecule has 7 nitrogen and oxygen atoms in total. The number of aromatic nitrogens is 5. The first-order valence-electron chi connectivity index (χ1n) is 10.4. The van der Waals surface area contributed by atoms with Gasteiger partial charge in [-0.25, -0.2) is 14.6 Å². The number of hydrogen-bond donors (Lipinski definition) is 1. The first-order chi connectivity index (χ1) is 15.6. The fourth-order valence-corrected chi connectivity index (χ4v) is 4.83. The molecule has 0 aliphatic heterocycles. The van der Waals surface area contributed by atoms with Gasteiger partial charge in [0.2, 0.25) is 0 Å². The van der Waals surface area contributed by atoms with Crippen LogP contribution in [0.3, 0.4) is 0 Å². The topological polar surface area (TPSA) is 85.6 Å². The van der Waals surface area contributed by atoms with Crippen molar-refractivity contribution in [2.24, 2.45) is 0 Å². The van der Waals surface area contributed by atoms with Gasteiger partial charge in [-0.1, -0.05) is 51.8 Å². The molecule has 2 heterocycles. The number of hydrogen-bond acceptors (Lipinski definition) is 6. The third kappa shape index (κ3) is 5.88. The van der Waals surface area contributed by atoms with E-state index in [0.717, 1.165) is 19.3 Å². The zero-order chi connectivity index (χ0) is 22.3. The van der Waals surface area contributed by atoms with E-state index in [1.165, 1.54) is 30.2 Å². The normalized spacial score (nSPS) is 13.6. The lowest BCUT2D eigenvalue weighted by molar-refractivity contribution is 0.0948. The molecule has 10 heteroatoms. The van der Waals surface area contributed by atoms with Crippen LogP contribution >= 0.6 is 35.0 Å². The molecule has 0 saturated carbocycles. The van der Waals surface area contributed by atoms with Gasteiger partial charge in [-0.2, -0.15) is 0 Å². The number of nitrogens with one attached hydrogen (secondary N) is 1. The lowest BCUT2D eigenvalue weighted by Gasteiger charge is -2.13. The Labute approximate surface area is 200 Å². The van der Waals surface area contributed by atoms with Crippen LogP contribution in [-0.4, -0.2) is 37.4 Å². The minimum absolute atomic E-state index is 0.259. The molecule has 0 spiro atoms. The molecule has 0 unspecified atom stereocenters. The van der Waals surface area contributed by atoms with E-state index < -0.39 is 0 Å². The summed E-state index contributed by atoms with van der Waals surface area (Å²) in [4.78, 5) is 21.4. The van der Waals surface area contributed by atoms with Gasteiger partial charge >= 0.3 is 0 Å². The Morgan fingerprint density at radius 1 is 1.12 bits per heavy atom. The summed E-state index contributed by atoms with van der Waals surface area (Å²) >= 11 is 13.8. The summed E-state index contributed by atoms with van der Waals surface area (Å²) in [6.45, 7) is 0.564. The average Bonchev–Trinajstić information content (AvgIpc) is 3.22. The van der Waals surface area contributed by atoms with Crippen molar-refractivity contribution < 1.29 is 4.79 Å². The van der Waals surface area contributed by atoms with Gasteiger partial charge in [0.1, 0.15) is 0 Å². The predicted octanol–water partition coefficient (Wildman–Crippen LogP) is 5.28. The molecule has 2 aromatic heterocycles. The summed E-state index contributed by atoms with van der Waals surface area (Å²) in [5.74, 6) is 0.139. The molecule has 32 heavy (non-hydrogen) atoms. The quantitative estimate of drug-likeness (QED) is 0.263. The summed E-state index contributed by atoms with van der Waals surface area (Å²) in [6.07, 6.45) is 11.2. The van der Waals surface area contributed by atoms with Crippen molar-refractivity contribution in [3.05, 3.63) is 69.7 Å². The Morgan fingerprint density at radius 2 is 1.91 bits per heavy atom. The molecular formula is C22H22Cl2N6OS. The Kier molecular flexibility index (Phi) is 7.78. The molecule has 166 valence electrons. The van der Waals surface area contributed by atoms with Crippen LogP contribution in [0, 0.1) is 0 Å². The molecule has 0 fully saturated rings. The summed E-state index contributed by atoms with van der Waals surface area (Å²) in [5, 5.41) is 12.9. The van der Waals surface area contributed by atoms with Crippen LogP contribution in [-0.2, 0) is 5.75 Å². The number of carbonyl (C=O) groups excluding carboxylic acids is 1. The van der Waals surface area contributed by atoms with E-state index in [1.807, 2.05) is 0 Å². The van der Waals surface area contributed by atoms with Gasteiger partial charge in [-0.15, -0.1) is 5.10 Å². The van der Waals surface area contributed by atoms with Gasteiger partial charge in [-0.3, -0.25) is 4.79 Å². The second-order valence-corrected chi connectivity index (χ2v) is 9.17. The van der Waals surface area contributed by atoms with E-state index in [-0.39, 0.29) is 11.6 Å². The second-order valence-electron chi connectivity index (χ2n) is 7.36. The largest absolute Gasteiger partial charge is 0.350 e. The van der Waals surface area contributed by atoms with Crippen molar-refractivity contribution >= 4 is 40.9 Å². The van der Waals surface area contributed by atoms with Gasteiger partial charge in [0.25, 0.3) is 5.91 Å². The highest BCUT2D eigenvalue weighted by atomic mass is 35.5. The van der Waals surface area contributed by atoms with Crippen molar-refractivity contribution in [2.75, 3.05) is 6.54 Å². The fourth-order valence-electron chi connectivity index (χ4n) is 3.52. The van der Waals surface area contributed by atoms with E-state index in [9.17, 15) is 4.79 Å². The molecule has 1 N–H and O–H groups in total. The van der Waals surface area contributed by atoms with Gasteiger partial charge in [0, 0.05) is 34.7 Å². The van der Waals surface area contributed by atoms with Gasteiger partial charge < -0.3 is 5.32 Å². The first kappa shape index (κ1) is 22.8. The average molecular weight is 489 g/mol. The molecule has 0 saturated heterocycles. The molecule has 1 aromatic carbocycles. The van der Waals surface area contributed by atoms with Crippen molar-refractivity contribution in [3.63, 3.8) is 0 Å². The number of amides is 1. The number of thioether (sulfide) groups is 1. The van der Waals surface area contributed by atoms with Crippen molar-refractivity contribution in [1.82, 2.24) is 30.3 Å². The SMILES string of the molecule is O=C(NCCC1=CCCCC1)c1nnn(-c2cc(Cl)cc(Cl)c2)c1CSc1ncccn1. The highest BCUT2D eigenvalue weighted by molar-refractivity contribution is 7.98. The molecular weight excluding hydrogens is 467 g/mol. The van der Waals surface area contributed by atoms with E-state index in [2.05, 4.69) is 31.7 Å². The van der Waals surface area contributed by atoms with Gasteiger partial charge in [-0.05, 0) is 56.4 Å². The van der Waals surface area contributed by atoms with Crippen LogP contribution in [0.25, 0.3) is 5.69 Å². The highest BCUT2D eigenvalue weighted by Gasteiger charge is 2.21. The summed E-state index contributed by atoms with van der Waals surface area (Å²) in [5.41, 5.74) is 2.93. The van der Waals surface area contributed by atoms with Crippen molar-refractivity contribution in [1.29, 1.82) is 0 Å². The highest BCUT2D eigenvalue weighted by Crippen LogP contribution is 2.26. The van der Waals surface area contributed by atoms with Crippen LogP contribution in [0.5, 0.6) is 0 Å². The summed E-state index contributed by atoms with van der Waals surface area (Å²) < 4.78 is 1.59. The third-order valence-corrected chi connectivity index (χ3v) is 6.39. The number of allylic oxidation sites excluding steroid dienone is 1. The Bertz CT molecular complexity index is 1100. The van der Waals surface area contributed by atoms with Crippen LogP contribution in [0.15, 0.2) is 53.5 Å². The maximum absolute atomic E-state index is 13.0. The summed E-state index contributed by atoms with van der Waals surface area (Å²) in [6, 6.07) is 6.85. The van der Waals surface area contributed by atoms with Crippen LogP contribution in [0.2, 0.25) is 10.0 Å². The Hall–Kier alpha value is -2.42. The summed E-state index contributed by atoms with van der Waals surface area (Å²) in [7, 11) is 0. The zero-order valence-electron chi connectivity index (χ0n) is 17.3.